The van der Waals surface area contributed by atoms with Crippen LogP contribution < -0.4 is 5.32 Å². The Hall–Kier alpha value is -1.46. The van der Waals surface area contributed by atoms with E-state index >= 15 is 0 Å². The molecule has 0 aliphatic carbocycles. The summed E-state index contributed by atoms with van der Waals surface area (Å²) in [6.07, 6.45) is 0.968. The van der Waals surface area contributed by atoms with E-state index in [1.165, 1.54) is 4.31 Å². The second-order valence-corrected chi connectivity index (χ2v) is 9.34. The second kappa shape index (κ2) is 7.65. The van der Waals surface area contributed by atoms with E-state index in [0.29, 0.717) is 37.4 Å². The Kier molecular flexibility index (Phi) is 5.68. The third-order valence-electron chi connectivity index (χ3n) is 4.52. The van der Waals surface area contributed by atoms with Crippen LogP contribution in [0.25, 0.3) is 0 Å². The average Bonchev–Trinajstić information content (AvgIpc) is 2.96. The predicted molar refractivity (Wildman–Crippen MR) is 105 cm³/mol. The van der Waals surface area contributed by atoms with E-state index < -0.39 is 10.0 Å². The van der Waals surface area contributed by atoms with Crippen molar-refractivity contribution in [2.45, 2.75) is 31.6 Å². The highest BCUT2D eigenvalue weighted by Crippen LogP contribution is 2.28. The fraction of sp³-hybridized carbons (Fsp3) is 0.412. The van der Waals surface area contributed by atoms with Gasteiger partial charge in [-0.25, -0.2) is 8.42 Å². The number of hydrogen-bond donors (Lipinski definition) is 1. The van der Waals surface area contributed by atoms with Crippen molar-refractivity contribution in [1.82, 2.24) is 9.46 Å². The van der Waals surface area contributed by atoms with E-state index in [-0.39, 0.29) is 16.7 Å². The molecule has 1 aromatic heterocycles. The number of aryl methyl sites for hydroxylation is 2. The van der Waals surface area contributed by atoms with Crippen molar-refractivity contribution >= 4 is 44.2 Å². The summed E-state index contributed by atoms with van der Waals surface area (Å²) in [6, 6.07) is 7.57. The van der Waals surface area contributed by atoms with Crippen molar-refractivity contribution in [3.8, 4) is 0 Å². The first kappa shape index (κ1) is 19.3. The van der Waals surface area contributed by atoms with E-state index in [0.717, 1.165) is 9.26 Å². The minimum absolute atomic E-state index is 0.0662. The molecule has 0 atom stereocenters. The van der Waals surface area contributed by atoms with E-state index in [9.17, 15) is 13.2 Å². The number of nitrogens with zero attached hydrogens (tertiary/aromatic N) is 2. The van der Waals surface area contributed by atoms with Crippen molar-refractivity contribution in [2.75, 3.05) is 18.4 Å². The van der Waals surface area contributed by atoms with Gasteiger partial charge in [-0.15, -0.1) is 0 Å². The number of rotatable bonds is 4. The lowest BCUT2D eigenvalue weighted by Gasteiger charge is -2.30. The standard InChI is InChI=1S/C17H20IN3O4S/c1-11-16(12(2)25-20-11)26(23,24)21-9-7-13(8-10-21)17(22)19-15-6-4-3-5-14(15)18/h3-6,13H,7-10H2,1-2H3,(H,19,22). The van der Waals surface area contributed by atoms with Gasteiger partial charge in [0.15, 0.2) is 5.76 Å². The molecule has 0 saturated carbocycles. The topological polar surface area (TPSA) is 92.5 Å². The van der Waals surface area contributed by atoms with E-state index in [1.54, 1.807) is 13.8 Å². The second-order valence-electron chi connectivity index (χ2n) is 6.30. The molecule has 0 spiro atoms. The SMILES string of the molecule is Cc1noc(C)c1S(=O)(=O)N1CCC(C(=O)Nc2ccccc2I)CC1. The normalized spacial score (nSPS) is 16.6. The Balaban J connectivity index is 1.66. The van der Waals surface area contributed by atoms with Gasteiger partial charge in [-0.2, -0.15) is 4.31 Å². The molecule has 140 valence electrons. The van der Waals surface area contributed by atoms with Crippen molar-refractivity contribution in [2.24, 2.45) is 5.92 Å². The number of halogens is 1. The first-order valence-corrected chi connectivity index (χ1v) is 10.8. The molecule has 0 radical (unpaired) electrons. The number of carbonyl (C=O) groups is 1. The van der Waals surface area contributed by atoms with Gasteiger partial charge in [0, 0.05) is 22.6 Å². The van der Waals surface area contributed by atoms with Crippen LogP contribution in [0, 0.1) is 23.3 Å². The Labute approximate surface area is 166 Å². The zero-order chi connectivity index (χ0) is 18.9. The average molecular weight is 489 g/mol. The number of para-hydroxylation sites is 1. The lowest BCUT2D eigenvalue weighted by molar-refractivity contribution is -0.120. The zero-order valence-corrected chi connectivity index (χ0v) is 17.5. The molecule has 1 fully saturated rings. The van der Waals surface area contributed by atoms with Gasteiger partial charge < -0.3 is 9.84 Å². The number of nitrogens with one attached hydrogen (secondary N) is 1. The summed E-state index contributed by atoms with van der Waals surface area (Å²) < 4.78 is 33.0. The monoisotopic (exact) mass is 489 g/mol. The maximum absolute atomic E-state index is 12.8. The Bertz CT molecular complexity index is 898. The molecule has 7 nitrogen and oxygen atoms in total. The minimum Gasteiger partial charge on any atom is -0.360 e. The van der Waals surface area contributed by atoms with Crippen LogP contribution in [0.3, 0.4) is 0 Å². The maximum Gasteiger partial charge on any atom is 0.248 e. The van der Waals surface area contributed by atoms with Gasteiger partial charge in [-0.05, 0) is 61.4 Å². The van der Waals surface area contributed by atoms with Gasteiger partial charge in [0.25, 0.3) is 0 Å². The van der Waals surface area contributed by atoms with Gasteiger partial charge in [0.05, 0.1) is 5.69 Å². The lowest BCUT2D eigenvalue weighted by atomic mass is 9.97. The van der Waals surface area contributed by atoms with Gasteiger partial charge in [0.1, 0.15) is 10.6 Å². The highest BCUT2D eigenvalue weighted by Gasteiger charge is 2.35. The number of piperidine rings is 1. The highest BCUT2D eigenvalue weighted by molar-refractivity contribution is 14.1. The largest absolute Gasteiger partial charge is 0.360 e. The van der Waals surface area contributed by atoms with Crippen molar-refractivity contribution in [3.63, 3.8) is 0 Å². The third-order valence-corrected chi connectivity index (χ3v) is 7.61. The summed E-state index contributed by atoms with van der Waals surface area (Å²) in [5.74, 6) is 0.0200. The molecule has 0 unspecified atom stereocenters. The Morgan fingerprint density at radius 2 is 1.92 bits per heavy atom. The molecule has 3 rings (SSSR count). The summed E-state index contributed by atoms with van der Waals surface area (Å²) in [5, 5.41) is 6.67. The lowest BCUT2D eigenvalue weighted by Crippen LogP contribution is -2.41. The molecule has 1 saturated heterocycles. The van der Waals surface area contributed by atoms with Crippen LogP contribution in [0.1, 0.15) is 24.3 Å². The Morgan fingerprint density at radius 3 is 2.50 bits per heavy atom. The van der Waals surface area contributed by atoms with Crippen LogP contribution in [0.4, 0.5) is 5.69 Å². The van der Waals surface area contributed by atoms with E-state index in [2.05, 4.69) is 33.1 Å². The molecule has 1 aliphatic rings. The molecule has 26 heavy (non-hydrogen) atoms. The number of anilines is 1. The highest BCUT2D eigenvalue weighted by atomic mass is 127. The molecule has 1 amide bonds. The molecule has 2 aromatic rings. The van der Waals surface area contributed by atoms with Crippen LogP contribution in [-0.2, 0) is 14.8 Å². The fourth-order valence-electron chi connectivity index (χ4n) is 3.13. The van der Waals surface area contributed by atoms with E-state index in [1.807, 2.05) is 24.3 Å². The van der Waals surface area contributed by atoms with Crippen LogP contribution in [0.5, 0.6) is 0 Å². The number of carbonyl (C=O) groups excluding carboxylic acids is 1. The quantitative estimate of drug-likeness (QED) is 0.667. The van der Waals surface area contributed by atoms with Crippen molar-refractivity contribution in [3.05, 3.63) is 39.3 Å². The van der Waals surface area contributed by atoms with Gasteiger partial charge in [-0.3, -0.25) is 4.79 Å². The van der Waals surface area contributed by atoms with Crippen LogP contribution >= 0.6 is 22.6 Å². The molecule has 2 heterocycles. The summed E-state index contributed by atoms with van der Waals surface area (Å²) in [4.78, 5) is 12.6. The summed E-state index contributed by atoms with van der Waals surface area (Å²) in [5.41, 5.74) is 1.14. The molecular formula is C17H20IN3O4S. The molecule has 0 bridgehead atoms. The molecular weight excluding hydrogens is 469 g/mol. The molecule has 1 aromatic carbocycles. The first-order valence-electron chi connectivity index (χ1n) is 8.29. The number of aromatic nitrogens is 1. The van der Waals surface area contributed by atoms with E-state index in [4.69, 9.17) is 4.52 Å². The van der Waals surface area contributed by atoms with Crippen molar-refractivity contribution in [1.29, 1.82) is 0 Å². The number of benzene rings is 1. The van der Waals surface area contributed by atoms with Crippen LogP contribution in [-0.4, -0.2) is 36.9 Å². The molecule has 1 N–H and O–H groups in total. The number of sulfonamides is 1. The first-order chi connectivity index (χ1) is 12.3. The smallest absolute Gasteiger partial charge is 0.248 e. The fourth-order valence-corrected chi connectivity index (χ4v) is 5.41. The summed E-state index contributed by atoms with van der Waals surface area (Å²) in [6.45, 7) is 3.81. The Morgan fingerprint density at radius 1 is 1.27 bits per heavy atom. The maximum atomic E-state index is 12.8. The van der Waals surface area contributed by atoms with Crippen LogP contribution in [0.2, 0.25) is 0 Å². The van der Waals surface area contributed by atoms with Gasteiger partial charge in [-0.1, -0.05) is 17.3 Å². The van der Waals surface area contributed by atoms with Gasteiger partial charge >= 0.3 is 0 Å². The minimum atomic E-state index is -3.65. The molecule has 9 heteroatoms. The predicted octanol–water partition coefficient (Wildman–Crippen LogP) is 2.94. The zero-order valence-electron chi connectivity index (χ0n) is 14.5. The number of hydrogen-bond acceptors (Lipinski definition) is 5. The van der Waals surface area contributed by atoms with Crippen molar-refractivity contribution < 1.29 is 17.7 Å². The summed E-state index contributed by atoms with van der Waals surface area (Å²) >= 11 is 2.17. The number of amides is 1. The molecule has 1 aliphatic heterocycles. The van der Waals surface area contributed by atoms with Gasteiger partial charge in [0.2, 0.25) is 15.9 Å². The summed E-state index contributed by atoms with van der Waals surface area (Å²) in [7, 11) is -3.65. The third kappa shape index (κ3) is 3.79. The van der Waals surface area contributed by atoms with Crippen LogP contribution in [0.15, 0.2) is 33.7 Å².